The van der Waals surface area contributed by atoms with Crippen molar-refractivity contribution in [1.29, 1.82) is 0 Å². The molecule has 0 atom stereocenters. The molecule has 1 saturated heterocycles. The zero-order valence-corrected chi connectivity index (χ0v) is 23.7. The van der Waals surface area contributed by atoms with Crippen LogP contribution in [-0.2, 0) is 11.2 Å². The first-order valence-electron chi connectivity index (χ1n) is 13.4. The second-order valence-electron chi connectivity index (χ2n) is 9.48. The lowest BCUT2D eigenvalue weighted by Gasteiger charge is -2.21. The van der Waals surface area contributed by atoms with Crippen LogP contribution in [-0.4, -0.2) is 47.7 Å². The van der Waals surface area contributed by atoms with Gasteiger partial charge in [0.05, 0.1) is 17.7 Å². The van der Waals surface area contributed by atoms with Crippen LogP contribution in [0.3, 0.4) is 0 Å². The number of aliphatic imine (C=N–C) groups is 1. The van der Waals surface area contributed by atoms with Crippen LogP contribution in [0.25, 0.3) is 17.0 Å². The highest BCUT2D eigenvalue weighted by molar-refractivity contribution is 8.18. The van der Waals surface area contributed by atoms with Crippen LogP contribution in [0.5, 0.6) is 5.75 Å². The van der Waals surface area contributed by atoms with E-state index in [4.69, 9.17) is 9.73 Å². The summed E-state index contributed by atoms with van der Waals surface area (Å²) in [4.78, 5) is 26.8. The van der Waals surface area contributed by atoms with Gasteiger partial charge in [-0.2, -0.15) is 0 Å². The Morgan fingerprint density at radius 3 is 2.54 bits per heavy atom. The first-order valence-corrected chi connectivity index (χ1v) is 14.2. The molecular weight excluding hydrogens is 504 g/mol. The number of nitrogens with one attached hydrogen (secondary N) is 1. The zero-order chi connectivity index (χ0) is 27.4. The predicted molar refractivity (Wildman–Crippen MR) is 164 cm³/mol. The van der Waals surface area contributed by atoms with Gasteiger partial charge in [-0.15, -0.1) is 0 Å². The van der Waals surface area contributed by atoms with Crippen LogP contribution < -0.4 is 9.64 Å². The molecule has 1 aliphatic heterocycles. The van der Waals surface area contributed by atoms with Crippen molar-refractivity contribution in [3.63, 3.8) is 0 Å². The van der Waals surface area contributed by atoms with Gasteiger partial charge in [0.15, 0.2) is 5.17 Å². The van der Waals surface area contributed by atoms with Crippen LogP contribution in [0.2, 0.25) is 0 Å². The molecule has 1 fully saturated rings. The van der Waals surface area contributed by atoms with Gasteiger partial charge in [-0.3, -0.25) is 9.69 Å². The number of fused-ring (bicyclic) bond motifs is 1. The molecule has 5 rings (SSSR count). The average Bonchev–Trinajstić information content (AvgIpc) is 3.50. The lowest BCUT2D eigenvalue weighted by atomic mass is 10.1. The Bertz CT molecular complexity index is 1530. The summed E-state index contributed by atoms with van der Waals surface area (Å²) in [5, 5.41) is 1.87. The third kappa shape index (κ3) is 5.73. The largest absolute Gasteiger partial charge is 0.497 e. The third-order valence-corrected chi connectivity index (χ3v) is 8.14. The number of aromatic nitrogens is 1. The molecule has 4 aromatic rings. The topological polar surface area (TPSA) is 60.9 Å². The van der Waals surface area contributed by atoms with E-state index in [0.717, 1.165) is 47.6 Å². The monoisotopic (exact) mass is 538 g/mol. The molecule has 0 aliphatic carbocycles. The molecule has 6 nitrogen and oxygen atoms in total. The normalized spacial score (nSPS) is 15.6. The number of methoxy groups -OCH3 is 1. The summed E-state index contributed by atoms with van der Waals surface area (Å²) in [6, 6.07) is 22.3. The number of carbonyl (C=O) groups is 1. The Kier molecular flexibility index (Phi) is 8.07. The molecule has 200 valence electrons. The highest BCUT2D eigenvalue weighted by Gasteiger charge is 2.33. The first kappa shape index (κ1) is 26.6. The standard InChI is InChI=1S/C32H34N4O2S/c1-5-35(6-2)26-14-11-23(22(3)19-26)20-30-31(37)36(18-17-24-21-33-29-10-8-7-9-28(24)29)32(39-30)34-25-12-15-27(38-4)16-13-25/h7-16,19-21,33H,5-6,17-18H2,1-4H3/b30-20-,34-32?. The van der Waals surface area contributed by atoms with Crippen molar-refractivity contribution in [2.24, 2.45) is 4.99 Å². The molecule has 39 heavy (non-hydrogen) atoms. The van der Waals surface area contributed by atoms with E-state index < -0.39 is 0 Å². The van der Waals surface area contributed by atoms with Crippen LogP contribution in [0, 0.1) is 6.92 Å². The number of anilines is 1. The number of amides is 1. The van der Waals surface area contributed by atoms with Gasteiger partial charge < -0.3 is 14.6 Å². The second-order valence-corrected chi connectivity index (χ2v) is 10.5. The number of nitrogens with zero attached hydrogens (tertiary/aromatic N) is 3. The number of rotatable bonds is 9. The molecule has 0 saturated carbocycles. The smallest absolute Gasteiger partial charge is 0.266 e. The fourth-order valence-corrected chi connectivity index (χ4v) is 5.89. The van der Waals surface area contributed by atoms with Crippen molar-refractivity contribution < 1.29 is 9.53 Å². The number of carbonyl (C=O) groups excluding carboxylic acids is 1. The van der Waals surface area contributed by atoms with E-state index in [1.54, 1.807) is 7.11 Å². The molecular formula is C32H34N4O2S. The molecule has 0 unspecified atom stereocenters. The highest BCUT2D eigenvalue weighted by atomic mass is 32.2. The number of aryl methyl sites for hydroxylation is 1. The third-order valence-electron chi connectivity index (χ3n) is 7.13. The Morgan fingerprint density at radius 1 is 1.05 bits per heavy atom. The van der Waals surface area contributed by atoms with E-state index in [2.05, 4.69) is 61.0 Å². The van der Waals surface area contributed by atoms with E-state index in [0.29, 0.717) is 16.6 Å². The summed E-state index contributed by atoms with van der Waals surface area (Å²) >= 11 is 1.43. The van der Waals surface area contributed by atoms with Crippen molar-refractivity contribution in [2.45, 2.75) is 27.2 Å². The van der Waals surface area contributed by atoms with Gasteiger partial charge in [-0.25, -0.2) is 4.99 Å². The van der Waals surface area contributed by atoms with Crippen LogP contribution in [0.1, 0.15) is 30.5 Å². The number of ether oxygens (including phenoxy) is 1. The van der Waals surface area contributed by atoms with Gasteiger partial charge in [0.25, 0.3) is 5.91 Å². The number of hydrogen-bond acceptors (Lipinski definition) is 5. The minimum atomic E-state index is -0.0145. The second kappa shape index (κ2) is 11.8. The zero-order valence-electron chi connectivity index (χ0n) is 22.9. The quantitative estimate of drug-likeness (QED) is 0.229. The summed E-state index contributed by atoms with van der Waals surface area (Å²) in [5.41, 5.74) is 6.46. The molecule has 1 aromatic heterocycles. The van der Waals surface area contributed by atoms with Crippen molar-refractivity contribution in [1.82, 2.24) is 9.88 Å². The van der Waals surface area contributed by atoms with Gasteiger partial charge in [-0.05, 0) is 104 Å². The Labute approximate surface area is 234 Å². The van der Waals surface area contributed by atoms with E-state index in [-0.39, 0.29) is 5.91 Å². The molecule has 1 aliphatic rings. The van der Waals surface area contributed by atoms with Gasteiger partial charge in [0.2, 0.25) is 0 Å². The molecule has 3 aromatic carbocycles. The number of aromatic amines is 1. The van der Waals surface area contributed by atoms with Crippen molar-refractivity contribution in [2.75, 3.05) is 31.6 Å². The van der Waals surface area contributed by atoms with E-state index in [1.165, 1.54) is 28.4 Å². The predicted octanol–water partition coefficient (Wildman–Crippen LogP) is 7.18. The minimum absolute atomic E-state index is 0.0145. The number of thioether (sulfide) groups is 1. The molecule has 7 heteroatoms. The molecule has 0 spiro atoms. The molecule has 1 amide bonds. The SMILES string of the molecule is CCN(CC)c1ccc(/C=C2\SC(=Nc3ccc(OC)cc3)N(CCc3c[nH]c4ccccc34)C2=O)c(C)c1. The highest BCUT2D eigenvalue weighted by Crippen LogP contribution is 2.35. The van der Waals surface area contributed by atoms with E-state index >= 15 is 0 Å². The van der Waals surface area contributed by atoms with E-state index in [9.17, 15) is 4.79 Å². The summed E-state index contributed by atoms with van der Waals surface area (Å²) in [5.74, 6) is 0.758. The Balaban J connectivity index is 1.45. The maximum absolute atomic E-state index is 13.7. The lowest BCUT2D eigenvalue weighted by molar-refractivity contribution is -0.122. The van der Waals surface area contributed by atoms with E-state index in [1.807, 2.05) is 53.6 Å². The fraction of sp³-hybridized carbons (Fsp3) is 0.250. The van der Waals surface area contributed by atoms with Crippen molar-refractivity contribution in [3.8, 4) is 5.75 Å². The summed E-state index contributed by atoms with van der Waals surface area (Å²) in [6.45, 7) is 8.89. The maximum Gasteiger partial charge on any atom is 0.266 e. The summed E-state index contributed by atoms with van der Waals surface area (Å²) < 4.78 is 5.29. The lowest BCUT2D eigenvalue weighted by Crippen LogP contribution is -2.31. The molecule has 0 bridgehead atoms. The van der Waals surface area contributed by atoms with Crippen LogP contribution in [0.15, 0.2) is 82.8 Å². The van der Waals surface area contributed by atoms with Gasteiger partial charge in [0, 0.05) is 42.4 Å². The van der Waals surface area contributed by atoms with Gasteiger partial charge in [-0.1, -0.05) is 24.3 Å². The van der Waals surface area contributed by atoms with Gasteiger partial charge in [0.1, 0.15) is 5.75 Å². The first-order chi connectivity index (χ1) is 19.0. The number of para-hydroxylation sites is 1. The van der Waals surface area contributed by atoms with Gasteiger partial charge >= 0.3 is 0 Å². The molecule has 0 radical (unpaired) electrons. The number of benzene rings is 3. The summed E-state index contributed by atoms with van der Waals surface area (Å²) in [7, 11) is 1.65. The molecule has 1 N–H and O–H groups in total. The molecule has 2 heterocycles. The summed E-state index contributed by atoms with van der Waals surface area (Å²) in [6.07, 6.45) is 4.77. The van der Waals surface area contributed by atoms with Crippen molar-refractivity contribution in [3.05, 3.63) is 94.5 Å². The minimum Gasteiger partial charge on any atom is -0.497 e. The van der Waals surface area contributed by atoms with Crippen LogP contribution in [0.4, 0.5) is 11.4 Å². The number of hydrogen-bond donors (Lipinski definition) is 1. The van der Waals surface area contributed by atoms with Crippen LogP contribution >= 0.6 is 11.8 Å². The number of H-pyrrole nitrogens is 1. The maximum atomic E-state index is 13.7. The average molecular weight is 539 g/mol. The van der Waals surface area contributed by atoms with Crippen molar-refractivity contribution >= 4 is 51.2 Å². The fourth-order valence-electron chi connectivity index (χ4n) is 4.87. The Hall–Kier alpha value is -3.97. The number of amidine groups is 1. The Morgan fingerprint density at radius 2 is 1.82 bits per heavy atom.